The van der Waals surface area contributed by atoms with Gasteiger partial charge in [0.2, 0.25) is 0 Å². The van der Waals surface area contributed by atoms with Crippen LogP contribution in [0.25, 0.3) is 0 Å². The van der Waals surface area contributed by atoms with Crippen LogP contribution in [0.2, 0.25) is 0 Å². The Bertz CT molecular complexity index is 422. The number of ether oxygens (including phenoxy) is 1. The number of esters is 1. The lowest BCUT2D eigenvalue weighted by Gasteiger charge is -2.29. The van der Waals surface area contributed by atoms with Crippen molar-refractivity contribution in [2.24, 2.45) is 0 Å². The summed E-state index contributed by atoms with van der Waals surface area (Å²) in [7, 11) is 0. The lowest BCUT2D eigenvalue weighted by molar-refractivity contribution is -0.144. The molecule has 1 aromatic heterocycles. The molecule has 0 spiro atoms. The summed E-state index contributed by atoms with van der Waals surface area (Å²) < 4.78 is 5.16. The van der Waals surface area contributed by atoms with E-state index in [1.54, 1.807) is 11.3 Å². The van der Waals surface area contributed by atoms with E-state index in [-0.39, 0.29) is 12.0 Å². The molecule has 0 amide bonds. The minimum absolute atomic E-state index is 0.0761. The van der Waals surface area contributed by atoms with Gasteiger partial charge in [-0.2, -0.15) is 0 Å². The van der Waals surface area contributed by atoms with Crippen LogP contribution in [0.15, 0.2) is 12.1 Å². The number of carbonyl (C=O) groups excluding carboxylic acids is 1. The van der Waals surface area contributed by atoms with Gasteiger partial charge in [0.25, 0.3) is 0 Å². The Hall–Kier alpha value is -0.870. The van der Waals surface area contributed by atoms with Crippen LogP contribution >= 0.6 is 11.3 Å². The fourth-order valence-electron chi connectivity index (χ4n) is 2.83. The normalized spacial score (nSPS) is 18.5. The van der Waals surface area contributed by atoms with Crippen molar-refractivity contribution >= 4 is 17.3 Å². The number of likely N-dealkylation sites (tertiary alicyclic amines) is 1. The summed E-state index contributed by atoms with van der Waals surface area (Å²) in [5.41, 5.74) is 0. The molecule has 1 aromatic rings. The zero-order chi connectivity index (χ0) is 14.4. The first-order valence-corrected chi connectivity index (χ1v) is 8.48. The minimum Gasteiger partial charge on any atom is -0.466 e. The summed E-state index contributed by atoms with van der Waals surface area (Å²) in [4.78, 5) is 17.0. The molecule has 1 saturated heterocycles. The van der Waals surface area contributed by atoms with Crippen LogP contribution in [-0.4, -0.2) is 30.6 Å². The molecule has 3 nitrogen and oxygen atoms in total. The predicted octanol–water partition coefficient (Wildman–Crippen LogP) is 3.93. The number of nitrogens with zero attached hydrogens (tertiary/aromatic N) is 1. The number of hydrogen-bond donors (Lipinski definition) is 0. The molecule has 0 N–H and O–H groups in total. The molecule has 0 saturated carbocycles. The smallest absolute Gasteiger partial charge is 0.307 e. The topological polar surface area (TPSA) is 29.5 Å². The lowest BCUT2D eigenvalue weighted by Crippen LogP contribution is -2.31. The Morgan fingerprint density at radius 3 is 2.55 bits per heavy atom. The van der Waals surface area contributed by atoms with Crippen LogP contribution in [0.5, 0.6) is 0 Å². The minimum atomic E-state index is -0.0761. The van der Waals surface area contributed by atoms with Gasteiger partial charge >= 0.3 is 5.97 Å². The Balaban J connectivity index is 2.12. The van der Waals surface area contributed by atoms with Crippen LogP contribution in [0.3, 0.4) is 0 Å². The third-order valence-corrected chi connectivity index (χ3v) is 4.94. The maximum atomic E-state index is 11.9. The summed E-state index contributed by atoms with van der Waals surface area (Å²) in [5.74, 6) is -0.0761. The van der Waals surface area contributed by atoms with Gasteiger partial charge in [0.15, 0.2) is 0 Å². The summed E-state index contributed by atoms with van der Waals surface area (Å²) in [6.45, 7) is 6.66. The number of carbonyl (C=O) groups is 1. The van der Waals surface area contributed by atoms with Gasteiger partial charge in [-0.05, 0) is 51.9 Å². The number of aryl methyl sites for hydroxylation is 1. The van der Waals surface area contributed by atoms with Crippen molar-refractivity contribution in [2.75, 3.05) is 19.7 Å². The highest BCUT2D eigenvalue weighted by atomic mass is 32.1. The second kappa shape index (κ2) is 7.79. The van der Waals surface area contributed by atoms with E-state index in [4.69, 9.17) is 4.74 Å². The number of rotatable bonds is 5. The van der Waals surface area contributed by atoms with Crippen molar-refractivity contribution in [3.63, 3.8) is 0 Å². The van der Waals surface area contributed by atoms with Gasteiger partial charge in [-0.1, -0.05) is 12.8 Å². The molecule has 1 fully saturated rings. The second-order valence-electron chi connectivity index (χ2n) is 5.42. The largest absolute Gasteiger partial charge is 0.466 e. The monoisotopic (exact) mass is 295 g/mol. The molecule has 1 unspecified atom stereocenters. The van der Waals surface area contributed by atoms with Crippen molar-refractivity contribution < 1.29 is 9.53 Å². The highest BCUT2D eigenvalue weighted by Gasteiger charge is 2.25. The third-order valence-electron chi connectivity index (χ3n) is 3.84. The quantitative estimate of drug-likeness (QED) is 0.771. The highest BCUT2D eigenvalue weighted by molar-refractivity contribution is 7.12. The Kier molecular flexibility index (Phi) is 6.05. The van der Waals surface area contributed by atoms with Gasteiger partial charge in [-0.15, -0.1) is 11.3 Å². The van der Waals surface area contributed by atoms with Crippen LogP contribution in [0, 0.1) is 6.92 Å². The summed E-state index contributed by atoms with van der Waals surface area (Å²) >= 11 is 1.81. The highest BCUT2D eigenvalue weighted by Crippen LogP contribution is 2.32. The van der Waals surface area contributed by atoms with E-state index in [9.17, 15) is 4.79 Å². The van der Waals surface area contributed by atoms with Crippen molar-refractivity contribution in [2.45, 2.75) is 52.0 Å². The summed E-state index contributed by atoms with van der Waals surface area (Å²) in [6, 6.07) is 4.52. The molecule has 1 aliphatic rings. The van der Waals surface area contributed by atoms with E-state index in [1.165, 1.54) is 35.4 Å². The maximum Gasteiger partial charge on any atom is 0.307 e. The molecule has 1 aliphatic heterocycles. The SMILES string of the molecule is CCOC(=O)CC(c1ccc(C)s1)N1CCCCCC1. The first-order valence-electron chi connectivity index (χ1n) is 7.66. The molecule has 0 radical (unpaired) electrons. The van der Waals surface area contributed by atoms with Crippen molar-refractivity contribution in [1.82, 2.24) is 4.90 Å². The van der Waals surface area contributed by atoms with Crippen LogP contribution in [0.4, 0.5) is 0 Å². The molecule has 4 heteroatoms. The number of hydrogen-bond acceptors (Lipinski definition) is 4. The maximum absolute atomic E-state index is 11.9. The lowest BCUT2D eigenvalue weighted by atomic mass is 10.1. The molecule has 2 rings (SSSR count). The Morgan fingerprint density at radius 2 is 2.00 bits per heavy atom. The fraction of sp³-hybridized carbons (Fsp3) is 0.688. The van der Waals surface area contributed by atoms with E-state index in [1.807, 2.05) is 6.92 Å². The third kappa shape index (κ3) is 4.32. The molecule has 1 atom stereocenters. The van der Waals surface area contributed by atoms with Crippen molar-refractivity contribution in [3.05, 3.63) is 21.9 Å². The first-order chi connectivity index (χ1) is 9.70. The van der Waals surface area contributed by atoms with Gasteiger partial charge in [-0.25, -0.2) is 0 Å². The van der Waals surface area contributed by atoms with Gasteiger partial charge in [0.1, 0.15) is 0 Å². The van der Waals surface area contributed by atoms with Gasteiger partial charge in [0.05, 0.1) is 19.1 Å². The average Bonchev–Trinajstić information content (AvgIpc) is 2.69. The molecule has 0 bridgehead atoms. The predicted molar refractivity (Wildman–Crippen MR) is 83.1 cm³/mol. The molecule has 0 aromatic carbocycles. The van der Waals surface area contributed by atoms with Gasteiger partial charge < -0.3 is 4.74 Å². The average molecular weight is 295 g/mol. The van der Waals surface area contributed by atoms with Crippen LogP contribution in [0.1, 0.15) is 54.8 Å². The van der Waals surface area contributed by atoms with Gasteiger partial charge in [0, 0.05) is 9.75 Å². The molecule has 20 heavy (non-hydrogen) atoms. The van der Waals surface area contributed by atoms with Crippen LogP contribution in [-0.2, 0) is 9.53 Å². The van der Waals surface area contributed by atoms with E-state index in [2.05, 4.69) is 24.0 Å². The fourth-order valence-corrected chi connectivity index (χ4v) is 3.84. The van der Waals surface area contributed by atoms with E-state index >= 15 is 0 Å². The molecular formula is C16H25NO2S. The van der Waals surface area contributed by atoms with Crippen molar-refractivity contribution in [3.8, 4) is 0 Å². The zero-order valence-corrected chi connectivity index (χ0v) is 13.4. The summed E-state index contributed by atoms with van der Waals surface area (Å²) in [5, 5.41) is 0. The zero-order valence-electron chi connectivity index (χ0n) is 12.6. The van der Waals surface area contributed by atoms with Crippen molar-refractivity contribution in [1.29, 1.82) is 0 Å². The standard InChI is InChI=1S/C16H25NO2S/c1-3-19-16(18)12-14(15-9-8-13(2)20-15)17-10-6-4-5-7-11-17/h8-9,14H,3-7,10-12H2,1-2H3. The summed E-state index contributed by atoms with van der Waals surface area (Å²) in [6.07, 6.45) is 5.58. The Labute approximate surface area is 125 Å². The van der Waals surface area contributed by atoms with E-state index in [0.717, 1.165) is 13.1 Å². The first kappa shape index (κ1) is 15.5. The number of thiophene rings is 1. The molecule has 112 valence electrons. The van der Waals surface area contributed by atoms with E-state index < -0.39 is 0 Å². The second-order valence-corrected chi connectivity index (χ2v) is 6.74. The Morgan fingerprint density at radius 1 is 1.30 bits per heavy atom. The van der Waals surface area contributed by atoms with Crippen LogP contribution < -0.4 is 0 Å². The molecule has 0 aliphatic carbocycles. The van der Waals surface area contributed by atoms with Gasteiger partial charge in [-0.3, -0.25) is 9.69 Å². The van der Waals surface area contributed by atoms with E-state index in [0.29, 0.717) is 13.0 Å². The molecular weight excluding hydrogens is 270 g/mol. The molecule has 2 heterocycles.